The van der Waals surface area contributed by atoms with Crippen molar-refractivity contribution in [2.24, 2.45) is 29.2 Å². The van der Waals surface area contributed by atoms with Gasteiger partial charge in [0.25, 0.3) is 11.8 Å². The van der Waals surface area contributed by atoms with Crippen LogP contribution in [0.4, 0.5) is 5.69 Å². The van der Waals surface area contributed by atoms with Gasteiger partial charge in [-0.25, -0.2) is 4.21 Å². The van der Waals surface area contributed by atoms with Gasteiger partial charge in [0.2, 0.25) is 5.88 Å². The van der Waals surface area contributed by atoms with Gasteiger partial charge in [0, 0.05) is 43.2 Å². The molecule has 3 aromatic rings. The summed E-state index contributed by atoms with van der Waals surface area (Å²) in [5.74, 6) is -0.858. The Morgan fingerprint density at radius 3 is 2.78 bits per heavy atom. The van der Waals surface area contributed by atoms with E-state index in [2.05, 4.69) is 44.2 Å². The maximum atomic E-state index is 14.5. The number of allylic oxidation sites excluding steroid dienone is 2. The maximum absolute atomic E-state index is 14.5. The molecule has 1 saturated carbocycles. The number of aryl methyl sites for hydroxylation is 3. The molecule has 2 aliphatic carbocycles. The lowest BCUT2D eigenvalue weighted by Gasteiger charge is -2.44. The summed E-state index contributed by atoms with van der Waals surface area (Å²) in [4.78, 5) is 43.2. The fraction of sp³-hybridized carbons (Fsp3) is 0.474. The Kier molecular flexibility index (Phi) is 9.08. The van der Waals surface area contributed by atoms with E-state index in [1.165, 1.54) is 34.7 Å². The predicted molar refractivity (Wildman–Crippen MR) is 191 cm³/mol. The van der Waals surface area contributed by atoms with Crippen LogP contribution in [0, 0.1) is 24.7 Å². The van der Waals surface area contributed by atoms with Crippen LogP contribution >= 0.6 is 0 Å². The Balaban J connectivity index is 1.30. The van der Waals surface area contributed by atoms with Crippen molar-refractivity contribution in [2.75, 3.05) is 37.5 Å². The molecule has 5 atom stereocenters. The molecular formula is C38H45N5O6S. The van der Waals surface area contributed by atoms with Gasteiger partial charge in [-0.05, 0) is 92.7 Å². The standard InChI is InChI=1S/C38H45N5O6S/c1-24-10-14-31-26(17-24)8-6-16-38(31)22-43-19-28-11-13-29(28)33(44)9-5-7-25(2)21-50(47,41-36(46)30-20-42(3)39-37(30)48-4)40-35(45)27-12-15-34(49-23-38)32(43)18-27/h5,9-10,12,14-15,17-18,20,25,28-29H,6-8,11,13,16,19,21-23H2,1-4H3,(H,40,41,45,46,47)/b9-5+/t25-,28-,29+,38-,50?/m0/s1. The largest absolute Gasteiger partial charge is 0.490 e. The van der Waals surface area contributed by atoms with Crippen molar-refractivity contribution in [2.45, 2.75) is 57.8 Å². The van der Waals surface area contributed by atoms with Crippen molar-refractivity contribution in [1.82, 2.24) is 14.5 Å². The number of benzene rings is 2. The molecule has 2 amide bonds. The molecule has 2 aromatic carbocycles. The van der Waals surface area contributed by atoms with Crippen LogP contribution in [0.2, 0.25) is 0 Å². The van der Waals surface area contributed by atoms with Gasteiger partial charge in [-0.15, -0.1) is 9.46 Å². The number of nitrogens with zero attached hydrogens (tertiary/aromatic N) is 4. The smallest absolute Gasteiger partial charge is 0.286 e. The zero-order valence-electron chi connectivity index (χ0n) is 29.1. The van der Waals surface area contributed by atoms with E-state index < -0.39 is 21.7 Å². The first-order chi connectivity index (χ1) is 24.0. The zero-order valence-corrected chi connectivity index (χ0v) is 30.0. The lowest BCUT2D eigenvalue weighted by molar-refractivity contribution is -0.122. The number of carbonyl (C=O) groups excluding carboxylic acids is 3. The number of hydrogen-bond acceptors (Lipinski definition) is 8. The molecule has 4 aliphatic rings. The van der Waals surface area contributed by atoms with Crippen LogP contribution in [-0.2, 0) is 33.6 Å². The van der Waals surface area contributed by atoms with Gasteiger partial charge in [-0.2, -0.15) is 0 Å². The summed E-state index contributed by atoms with van der Waals surface area (Å²) in [5, 5.41) is 4.13. The van der Waals surface area contributed by atoms with Crippen LogP contribution < -0.4 is 19.1 Å². The van der Waals surface area contributed by atoms with Crippen molar-refractivity contribution in [1.29, 1.82) is 0 Å². The summed E-state index contributed by atoms with van der Waals surface area (Å²) in [7, 11) is -0.599. The summed E-state index contributed by atoms with van der Waals surface area (Å²) >= 11 is 0. The number of rotatable bonds is 3. The van der Waals surface area contributed by atoms with Crippen LogP contribution in [0.1, 0.15) is 76.4 Å². The lowest BCUT2D eigenvalue weighted by Crippen LogP contribution is -2.49. The van der Waals surface area contributed by atoms with Gasteiger partial charge >= 0.3 is 0 Å². The van der Waals surface area contributed by atoms with Crippen LogP contribution in [0.5, 0.6) is 11.6 Å². The Morgan fingerprint density at radius 1 is 1.16 bits per heavy atom. The van der Waals surface area contributed by atoms with Gasteiger partial charge in [-0.3, -0.25) is 23.8 Å². The first kappa shape index (κ1) is 34.0. The average Bonchev–Trinajstić information content (AvgIpc) is 3.37. The molecule has 1 fully saturated rings. The first-order valence-electron chi connectivity index (χ1n) is 17.5. The molecule has 2 bridgehead atoms. The minimum absolute atomic E-state index is 0.0654. The van der Waals surface area contributed by atoms with Crippen LogP contribution in [0.15, 0.2) is 59.1 Å². The van der Waals surface area contributed by atoms with Gasteiger partial charge in [0.15, 0.2) is 5.78 Å². The van der Waals surface area contributed by atoms with Crippen molar-refractivity contribution in [3.63, 3.8) is 0 Å². The molecule has 1 spiro atoms. The third-order valence-corrected chi connectivity index (χ3v) is 12.7. The Bertz CT molecular complexity index is 2010. The van der Waals surface area contributed by atoms with Crippen molar-refractivity contribution in [3.05, 3.63) is 82.6 Å². The molecule has 12 heteroatoms. The first-order valence-corrected chi connectivity index (χ1v) is 19.2. The minimum atomic E-state index is -3.63. The molecule has 7 rings (SSSR count). The molecule has 264 valence electrons. The number of fused-ring (bicyclic) bond motifs is 4. The van der Waals surface area contributed by atoms with Crippen molar-refractivity contribution >= 4 is 33.2 Å². The number of methoxy groups -OCH3 is 1. The summed E-state index contributed by atoms with van der Waals surface area (Å²) in [6.45, 7) is 5.80. The highest BCUT2D eigenvalue weighted by Crippen LogP contribution is 2.46. The van der Waals surface area contributed by atoms with E-state index in [-0.39, 0.29) is 51.7 Å². The number of hydrogen-bond donors (Lipinski definition) is 1. The monoisotopic (exact) mass is 699 g/mol. The highest BCUT2D eigenvalue weighted by atomic mass is 32.2. The fourth-order valence-electron chi connectivity index (χ4n) is 8.11. The fourth-order valence-corrected chi connectivity index (χ4v) is 9.99. The molecule has 0 radical (unpaired) electrons. The maximum Gasteiger partial charge on any atom is 0.286 e. The number of ether oxygens (including phenoxy) is 2. The van der Waals surface area contributed by atoms with Gasteiger partial charge in [-0.1, -0.05) is 36.8 Å². The number of aromatic nitrogens is 2. The summed E-state index contributed by atoms with van der Waals surface area (Å²) < 4.78 is 34.5. The number of nitrogens with one attached hydrogen (secondary N) is 1. The van der Waals surface area contributed by atoms with Gasteiger partial charge < -0.3 is 14.4 Å². The molecular weight excluding hydrogens is 655 g/mol. The second-order valence-corrected chi connectivity index (χ2v) is 16.6. The highest BCUT2D eigenvalue weighted by Gasteiger charge is 2.44. The van der Waals surface area contributed by atoms with Crippen molar-refractivity contribution in [3.8, 4) is 11.6 Å². The molecule has 1 unspecified atom stereocenters. The topological polar surface area (TPSA) is 132 Å². The minimum Gasteiger partial charge on any atom is -0.490 e. The second-order valence-electron chi connectivity index (χ2n) is 14.6. The SMILES string of the molecule is COc1nn(C)cc1C(=O)NS1(=O)=NC(=O)c2ccc3c(c2)N(C[C@@H]2CC[C@H]2C(=O)/C=C/C[C@H](C)C1)C[C@@]1(CCCc2cc(C)ccc21)CO3. The summed E-state index contributed by atoms with van der Waals surface area (Å²) in [6.07, 6.45) is 10.2. The normalized spacial score (nSPS) is 28.6. The van der Waals surface area contributed by atoms with Crippen LogP contribution in [-0.4, -0.2) is 64.1 Å². The Hall–Kier alpha value is -4.45. The summed E-state index contributed by atoms with van der Waals surface area (Å²) in [6, 6.07) is 11.9. The lowest BCUT2D eigenvalue weighted by atomic mass is 9.68. The third kappa shape index (κ3) is 6.57. The second kappa shape index (κ2) is 13.4. The Morgan fingerprint density at radius 2 is 2.00 bits per heavy atom. The number of carbonyl (C=O) groups is 3. The van der Waals surface area contributed by atoms with E-state index in [4.69, 9.17) is 9.47 Å². The molecule has 0 saturated heterocycles. The van der Waals surface area contributed by atoms with E-state index in [1.807, 2.05) is 13.0 Å². The summed E-state index contributed by atoms with van der Waals surface area (Å²) in [5.41, 5.74) is 4.71. The molecule has 11 nitrogen and oxygen atoms in total. The van der Waals surface area contributed by atoms with E-state index >= 15 is 0 Å². The quantitative estimate of drug-likeness (QED) is 0.387. The molecule has 3 heterocycles. The van der Waals surface area contributed by atoms with E-state index in [1.54, 1.807) is 31.3 Å². The van der Waals surface area contributed by atoms with Crippen molar-refractivity contribution < 1.29 is 28.1 Å². The van der Waals surface area contributed by atoms with E-state index in [9.17, 15) is 18.6 Å². The molecule has 1 aromatic heterocycles. The van der Waals surface area contributed by atoms with Gasteiger partial charge in [0.1, 0.15) is 21.2 Å². The molecule has 1 N–H and O–H groups in total. The molecule has 2 aliphatic heterocycles. The van der Waals surface area contributed by atoms with Crippen LogP contribution in [0.3, 0.4) is 0 Å². The number of amides is 2. The highest BCUT2D eigenvalue weighted by molar-refractivity contribution is 7.92. The number of ketones is 1. The third-order valence-electron chi connectivity index (χ3n) is 10.8. The average molecular weight is 700 g/mol. The Labute approximate surface area is 293 Å². The van der Waals surface area contributed by atoms with E-state index in [0.29, 0.717) is 31.9 Å². The van der Waals surface area contributed by atoms with E-state index in [0.717, 1.165) is 37.8 Å². The zero-order chi connectivity index (χ0) is 35.2. The predicted octanol–water partition coefficient (Wildman–Crippen LogP) is 5.35. The van der Waals surface area contributed by atoms with Crippen LogP contribution in [0.25, 0.3) is 0 Å². The van der Waals surface area contributed by atoms with Gasteiger partial charge in [0.05, 0.1) is 25.2 Å². The number of anilines is 1. The molecule has 50 heavy (non-hydrogen) atoms.